The third kappa shape index (κ3) is 6.16. The van der Waals surface area contributed by atoms with Crippen LogP contribution in [0, 0.1) is 0 Å². The lowest BCUT2D eigenvalue weighted by molar-refractivity contribution is -0.116. The van der Waals surface area contributed by atoms with E-state index in [1.807, 2.05) is 73.7 Å². The molecule has 0 saturated carbocycles. The van der Waals surface area contributed by atoms with Gasteiger partial charge in [-0.1, -0.05) is 37.3 Å². The van der Waals surface area contributed by atoms with Crippen molar-refractivity contribution in [3.63, 3.8) is 0 Å². The maximum atomic E-state index is 13.4. The molecule has 4 rings (SSSR count). The van der Waals surface area contributed by atoms with Crippen molar-refractivity contribution >= 4 is 17.5 Å². The highest BCUT2D eigenvalue weighted by Gasteiger charge is 2.21. The number of nitrogens with one attached hydrogen (secondary N) is 2. The first kappa shape index (κ1) is 25.5. The normalized spacial score (nSPS) is 10.6. The van der Waals surface area contributed by atoms with Crippen LogP contribution < -0.4 is 20.1 Å². The Morgan fingerprint density at radius 2 is 1.70 bits per heavy atom. The first-order chi connectivity index (χ1) is 18.0. The molecule has 0 fully saturated rings. The SMILES string of the molecule is CCCC(=O)Nc1ccc(CNC(=O)c2cn(-c3ccccc3)nc2-c2ccc(OC)cc2OC)cc1. The highest BCUT2D eigenvalue weighted by atomic mass is 16.5. The molecule has 2 amide bonds. The number of ether oxygens (including phenoxy) is 2. The van der Waals surface area contributed by atoms with Gasteiger partial charge in [0.25, 0.3) is 5.91 Å². The van der Waals surface area contributed by atoms with Gasteiger partial charge in [0.15, 0.2) is 0 Å². The van der Waals surface area contributed by atoms with E-state index in [9.17, 15) is 9.59 Å². The lowest BCUT2D eigenvalue weighted by atomic mass is 10.1. The fraction of sp³-hybridized carbons (Fsp3) is 0.207. The van der Waals surface area contributed by atoms with Gasteiger partial charge in [-0.15, -0.1) is 0 Å². The Balaban J connectivity index is 1.59. The molecule has 3 aromatic carbocycles. The Kier molecular flexibility index (Phi) is 8.20. The van der Waals surface area contributed by atoms with Crippen LogP contribution in [0.5, 0.6) is 11.5 Å². The standard InChI is InChI=1S/C29H30N4O4/c1-4-8-27(34)31-21-13-11-20(12-14-21)18-30-29(35)25-19-33(22-9-6-5-7-10-22)32-28(25)24-16-15-23(36-2)17-26(24)37-3/h5-7,9-17,19H,4,8,18H2,1-3H3,(H,30,35)(H,31,34). The van der Waals surface area contributed by atoms with Crippen LogP contribution in [0.15, 0.2) is 79.0 Å². The minimum Gasteiger partial charge on any atom is -0.497 e. The molecule has 0 spiro atoms. The van der Waals surface area contributed by atoms with E-state index in [0.29, 0.717) is 41.3 Å². The number of amides is 2. The van der Waals surface area contributed by atoms with Crippen LogP contribution in [0.3, 0.4) is 0 Å². The Morgan fingerprint density at radius 3 is 2.38 bits per heavy atom. The summed E-state index contributed by atoms with van der Waals surface area (Å²) in [6.45, 7) is 2.28. The number of hydrogen-bond donors (Lipinski definition) is 2. The van der Waals surface area contributed by atoms with Gasteiger partial charge in [0.2, 0.25) is 5.91 Å². The number of benzene rings is 3. The number of nitrogens with zero attached hydrogens (tertiary/aromatic N) is 2. The summed E-state index contributed by atoms with van der Waals surface area (Å²) in [7, 11) is 3.16. The van der Waals surface area contributed by atoms with E-state index in [4.69, 9.17) is 14.6 Å². The maximum Gasteiger partial charge on any atom is 0.255 e. The maximum absolute atomic E-state index is 13.4. The monoisotopic (exact) mass is 498 g/mol. The molecule has 0 unspecified atom stereocenters. The van der Waals surface area contributed by atoms with E-state index in [-0.39, 0.29) is 11.8 Å². The Hall–Kier alpha value is -4.59. The summed E-state index contributed by atoms with van der Waals surface area (Å²) >= 11 is 0. The van der Waals surface area contributed by atoms with E-state index < -0.39 is 0 Å². The number of anilines is 1. The number of para-hydroxylation sites is 1. The number of methoxy groups -OCH3 is 2. The van der Waals surface area contributed by atoms with Crippen molar-refractivity contribution in [1.82, 2.24) is 15.1 Å². The van der Waals surface area contributed by atoms with E-state index >= 15 is 0 Å². The molecular weight excluding hydrogens is 468 g/mol. The predicted molar refractivity (Wildman–Crippen MR) is 143 cm³/mol. The second-order valence-electron chi connectivity index (χ2n) is 8.42. The molecule has 8 nitrogen and oxygen atoms in total. The van der Waals surface area contributed by atoms with Crippen LogP contribution in [0.1, 0.15) is 35.7 Å². The first-order valence-corrected chi connectivity index (χ1v) is 12.1. The lowest BCUT2D eigenvalue weighted by Crippen LogP contribution is -2.23. The zero-order valence-corrected chi connectivity index (χ0v) is 21.2. The van der Waals surface area contributed by atoms with Crippen LogP contribution in [-0.4, -0.2) is 35.8 Å². The van der Waals surface area contributed by atoms with E-state index in [2.05, 4.69) is 10.6 Å². The van der Waals surface area contributed by atoms with E-state index in [1.54, 1.807) is 31.2 Å². The minimum absolute atomic E-state index is 0.0135. The average Bonchev–Trinajstić information content (AvgIpc) is 3.38. The second-order valence-corrected chi connectivity index (χ2v) is 8.42. The molecule has 1 aromatic heterocycles. The smallest absolute Gasteiger partial charge is 0.255 e. The lowest BCUT2D eigenvalue weighted by Gasteiger charge is -2.11. The number of hydrogen-bond acceptors (Lipinski definition) is 5. The van der Waals surface area contributed by atoms with Gasteiger partial charge in [-0.25, -0.2) is 4.68 Å². The fourth-order valence-corrected chi connectivity index (χ4v) is 3.88. The van der Waals surface area contributed by atoms with Gasteiger partial charge in [-0.2, -0.15) is 5.10 Å². The van der Waals surface area contributed by atoms with Gasteiger partial charge < -0.3 is 20.1 Å². The van der Waals surface area contributed by atoms with Crippen molar-refractivity contribution < 1.29 is 19.1 Å². The number of carbonyl (C=O) groups is 2. The summed E-state index contributed by atoms with van der Waals surface area (Å²) in [4.78, 5) is 25.2. The molecule has 0 aliphatic rings. The minimum atomic E-state index is -0.268. The highest BCUT2D eigenvalue weighted by Crippen LogP contribution is 2.35. The molecule has 0 saturated heterocycles. The van der Waals surface area contributed by atoms with Gasteiger partial charge in [-0.3, -0.25) is 9.59 Å². The van der Waals surface area contributed by atoms with E-state index in [0.717, 1.165) is 23.4 Å². The summed E-state index contributed by atoms with van der Waals surface area (Å²) in [5.41, 5.74) is 4.05. The molecular formula is C29H30N4O4. The molecule has 0 bridgehead atoms. The molecule has 0 aliphatic heterocycles. The molecule has 0 atom stereocenters. The zero-order valence-electron chi connectivity index (χ0n) is 21.2. The summed E-state index contributed by atoms with van der Waals surface area (Å²) < 4.78 is 12.6. The molecule has 2 N–H and O–H groups in total. The van der Waals surface area contributed by atoms with Crippen molar-refractivity contribution in [2.45, 2.75) is 26.3 Å². The molecule has 0 aliphatic carbocycles. The van der Waals surface area contributed by atoms with E-state index in [1.165, 1.54) is 0 Å². The number of carbonyl (C=O) groups excluding carboxylic acids is 2. The van der Waals surface area contributed by atoms with Crippen molar-refractivity contribution in [2.24, 2.45) is 0 Å². The fourth-order valence-electron chi connectivity index (χ4n) is 3.88. The molecule has 0 radical (unpaired) electrons. The topological polar surface area (TPSA) is 94.5 Å². The number of rotatable bonds is 10. The van der Waals surface area contributed by atoms with Gasteiger partial charge in [0, 0.05) is 36.5 Å². The van der Waals surface area contributed by atoms with Gasteiger partial charge in [0.05, 0.1) is 25.5 Å². The molecule has 4 aromatic rings. The third-order valence-electron chi connectivity index (χ3n) is 5.81. The van der Waals surface area contributed by atoms with Crippen molar-refractivity contribution in [2.75, 3.05) is 19.5 Å². The predicted octanol–water partition coefficient (Wildman–Crippen LogP) is 5.23. The molecule has 1 heterocycles. The van der Waals surface area contributed by atoms with Crippen LogP contribution in [-0.2, 0) is 11.3 Å². The van der Waals surface area contributed by atoms with Gasteiger partial charge in [0.1, 0.15) is 17.2 Å². The van der Waals surface area contributed by atoms with Gasteiger partial charge in [-0.05, 0) is 48.4 Å². The summed E-state index contributed by atoms with van der Waals surface area (Å²) in [6.07, 6.45) is 2.99. The molecule has 8 heteroatoms. The van der Waals surface area contributed by atoms with Crippen molar-refractivity contribution in [3.8, 4) is 28.4 Å². The van der Waals surface area contributed by atoms with Crippen LogP contribution in [0.25, 0.3) is 16.9 Å². The highest BCUT2D eigenvalue weighted by molar-refractivity contribution is 6.00. The summed E-state index contributed by atoms with van der Waals surface area (Å²) in [5, 5.41) is 10.6. The zero-order chi connectivity index (χ0) is 26.2. The Labute approximate surface area is 216 Å². The number of aromatic nitrogens is 2. The quantitative estimate of drug-likeness (QED) is 0.312. The van der Waals surface area contributed by atoms with Crippen molar-refractivity contribution in [1.29, 1.82) is 0 Å². The molecule has 37 heavy (non-hydrogen) atoms. The summed E-state index contributed by atoms with van der Waals surface area (Å²) in [5.74, 6) is 0.909. The third-order valence-corrected chi connectivity index (χ3v) is 5.81. The Bertz CT molecular complexity index is 1360. The van der Waals surface area contributed by atoms with Crippen molar-refractivity contribution in [3.05, 3.63) is 90.1 Å². The average molecular weight is 499 g/mol. The van der Waals surface area contributed by atoms with Crippen LogP contribution >= 0.6 is 0 Å². The van der Waals surface area contributed by atoms with Crippen LogP contribution in [0.4, 0.5) is 5.69 Å². The second kappa shape index (κ2) is 11.9. The first-order valence-electron chi connectivity index (χ1n) is 12.1. The largest absolute Gasteiger partial charge is 0.497 e. The summed E-state index contributed by atoms with van der Waals surface area (Å²) in [6, 6.07) is 22.4. The van der Waals surface area contributed by atoms with Gasteiger partial charge >= 0.3 is 0 Å². The molecule has 190 valence electrons. The van der Waals surface area contributed by atoms with Crippen LogP contribution in [0.2, 0.25) is 0 Å². The Morgan fingerprint density at radius 1 is 0.946 bits per heavy atom.